The Morgan fingerprint density at radius 2 is 1.78 bits per heavy atom. The number of amides is 1. The van der Waals surface area contributed by atoms with E-state index in [4.69, 9.17) is 4.74 Å². The van der Waals surface area contributed by atoms with Gasteiger partial charge in [-0.25, -0.2) is 0 Å². The Labute approximate surface area is 194 Å². The van der Waals surface area contributed by atoms with Gasteiger partial charge in [-0.2, -0.15) is 0 Å². The van der Waals surface area contributed by atoms with Crippen LogP contribution in [0.25, 0.3) is 5.69 Å². The topological polar surface area (TPSA) is 60.2 Å². The van der Waals surface area contributed by atoms with E-state index in [0.717, 1.165) is 54.8 Å². The van der Waals surface area contributed by atoms with Crippen molar-refractivity contribution < 1.29 is 9.53 Å². The highest BCUT2D eigenvalue weighted by Gasteiger charge is 2.23. The van der Waals surface area contributed by atoms with Crippen molar-refractivity contribution in [2.45, 2.75) is 37.8 Å². The molecule has 32 heavy (non-hydrogen) atoms. The van der Waals surface area contributed by atoms with Gasteiger partial charge in [-0.3, -0.25) is 9.36 Å². The van der Waals surface area contributed by atoms with Gasteiger partial charge in [0.25, 0.3) is 0 Å². The fourth-order valence-electron chi connectivity index (χ4n) is 4.17. The van der Waals surface area contributed by atoms with Gasteiger partial charge in [0.1, 0.15) is 11.6 Å². The summed E-state index contributed by atoms with van der Waals surface area (Å²) in [5.41, 5.74) is 2.36. The number of thioether (sulfide) groups is 1. The molecule has 0 N–H and O–H groups in total. The molecule has 168 valence electrons. The fourth-order valence-corrected chi connectivity index (χ4v) is 5.07. The number of methoxy groups -OCH3 is 1. The maximum Gasteiger partial charge on any atom is 0.233 e. The summed E-state index contributed by atoms with van der Waals surface area (Å²) >= 11 is 1.45. The summed E-state index contributed by atoms with van der Waals surface area (Å²) in [7, 11) is 1.65. The molecule has 0 atom stereocenters. The zero-order valence-electron chi connectivity index (χ0n) is 18.7. The third-order valence-electron chi connectivity index (χ3n) is 6.10. The molecule has 2 aromatic carbocycles. The smallest absolute Gasteiger partial charge is 0.233 e. The van der Waals surface area contributed by atoms with Crippen LogP contribution in [-0.4, -0.2) is 51.5 Å². The van der Waals surface area contributed by atoms with Crippen LogP contribution in [0.1, 0.15) is 30.7 Å². The lowest BCUT2D eigenvalue weighted by Crippen LogP contribution is -2.39. The van der Waals surface area contributed by atoms with Crippen molar-refractivity contribution in [3.05, 3.63) is 66.0 Å². The van der Waals surface area contributed by atoms with Gasteiger partial charge in [0.2, 0.25) is 5.91 Å². The lowest BCUT2D eigenvalue weighted by Gasteiger charge is -2.32. The van der Waals surface area contributed by atoms with Crippen molar-refractivity contribution in [2.24, 2.45) is 5.92 Å². The van der Waals surface area contributed by atoms with E-state index in [1.54, 1.807) is 7.11 Å². The van der Waals surface area contributed by atoms with E-state index in [0.29, 0.717) is 11.7 Å². The van der Waals surface area contributed by atoms with E-state index >= 15 is 0 Å². The first kappa shape index (κ1) is 22.4. The molecular weight excluding hydrogens is 420 g/mol. The maximum absolute atomic E-state index is 12.8. The highest BCUT2D eigenvalue weighted by atomic mass is 32.2. The summed E-state index contributed by atoms with van der Waals surface area (Å²) < 4.78 is 7.22. The van der Waals surface area contributed by atoms with Crippen LogP contribution in [0.3, 0.4) is 0 Å². The molecule has 0 saturated carbocycles. The van der Waals surface area contributed by atoms with Crippen LogP contribution >= 0.6 is 11.8 Å². The molecule has 0 aliphatic carbocycles. The average molecular weight is 451 g/mol. The van der Waals surface area contributed by atoms with E-state index in [1.165, 1.54) is 23.7 Å². The van der Waals surface area contributed by atoms with Crippen molar-refractivity contribution in [3.63, 3.8) is 0 Å². The van der Waals surface area contributed by atoms with Crippen LogP contribution in [0.2, 0.25) is 0 Å². The number of carbonyl (C=O) groups excluding carboxylic acids is 1. The Morgan fingerprint density at radius 3 is 2.47 bits per heavy atom. The second kappa shape index (κ2) is 10.7. The summed E-state index contributed by atoms with van der Waals surface area (Å²) in [6.45, 7) is 3.62. The number of hydrogen-bond donors (Lipinski definition) is 0. The average Bonchev–Trinajstić information content (AvgIpc) is 3.22. The summed E-state index contributed by atoms with van der Waals surface area (Å²) in [5.74, 6) is 2.86. The molecule has 1 amide bonds. The van der Waals surface area contributed by atoms with Crippen molar-refractivity contribution in [2.75, 3.05) is 26.0 Å². The summed E-state index contributed by atoms with van der Waals surface area (Å²) in [4.78, 5) is 14.8. The van der Waals surface area contributed by atoms with Gasteiger partial charge in [-0.05, 0) is 68.4 Å². The Morgan fingerprint density at radius 1 is 1.06 bits per heavy atom. The highest BCUT2D eigenvalue weighted by Crippen LogP contribution is 2.26. The molecule has 1 saturated heterocycles. The molecule has 0 bridgehead atoms. The molecule has 7 heteroatoms. The zero-order chi connectivity index (χ0) is 22.3. The second-order valence-electron chi connectivity index (χ2n) is 8.20. The van der Waals surface area contributed by atoms with E-state index in [2.05, 4.69) is 40.5 Å². The Balaban J connectivity index is 1.27. The second-order valence-corrected chi connectivity index (χ2v) is 9.14. The molecular formula is C25H30N4O2S. The molecule has 1 aromatic heterocycles. The first-order chi connectivity index (χ1) is 15.6. The van der Waals surface area contributed by atoms with Gasteiger partial charge in [0.15, 0.2) is 5.16 Å². The molecule has 1 aliphatic rings. The number of aryl methyl sites for hydroxylation is 2. The van der Waals surface area contributed by atoms with E-state index in [-0.39, 0.29) is 5.91 Å². The number of benzene rings is 2. The highest BCUT2D eigenvalue weighted by molar-refractivity contribution is 7.99. The third kappa shape index (κ3) is 5.51. The first-order valence-corrected chi connectivity index (χ1v) is 12.1. The number of rotatable bonds is 8. The Bertz CT molecular complexity index is 1010. The number of ether oxygens (including phenoxy) is 1. The Kier molecular flexibility index (Phi) is 7.47. The number of carbonyl (C=O) groups is 1. The molecule has 6 nitrogen and oxygen atoms in total. The van der Waals surface area contributed by atoms with Gasteiger partial charge in [0, 0.05) is 18.8 Å². The number of nitrogens with zero attached hydrogens (tertiary/aromatic N) is 4. The standard InChI is InChI=1S/C25H30N4O2S/c1-19-26-27-25(29(19)22-10-12-23(31-2)13-11-22)32-18-24(30)28-16-14-21(15-17-28)9-8-20-6-4-3-5-7-20/h3-7,10-13,21H,8-9,14-18H2,1-2H3. The largest absolute Gasteiger partial charge is 0.497 e. The maximum atomic E-state index is 12.8. The zero-order valence-corrected chi connectivity index (χ0v) is 19.6. The molecule has 1 fully saturated rings. The van der Waals surface area contributed by atoms with Crippen LogP contribution in [0, 0.1) is 12.8 Å². The Hall–Kier alpha value is -2.80. The molecule has 3 aromatic rings. The van der Waals surface area contributed by atoms with Gasteiger partial charge >= 0.3 is 0 Å². The summed E-state index contributed by atoms with van der Waals surface area (Å²) in [5, 5.41) is 9.24. The molecule has 0 unspecified atom stereocenters. The van der Waals surface area contributed by atoms with Crippen molar-refractivity contribution in [1.29, 1.82) is 0 Å². The number of piperidine rings is 1. The van der Waals surface area contributed by atoms with Gasteiger partial charge in [-0.1, -0.05) is 42.1 Å². The molecule has 0 radical (unpaired) electrons. The number of likely N-dealkylation sites (tertiary alicyclic amines) is 1. The van der Waals surface area contributed by atoms with Gasteiger partial charge in [-0.15, -0.1) is 10.2 Å². The van der Waals surface area contributed by atoms with Crippen LogP contribution < -0.4 is 4.74 Å². The predicted octanol–water partition coefficient (Wildman–Crippen LogP) is 4.55. The van der Waals surface area contributed by atoms with Gasteiger partial charge in [0.05, 0.1) is 12.9 Å². The molecule has 2 heterocycles. The van der Waals surface area contributed by atoms with Gasteiger partial charge < -0.3 is 9.64 Å². The SMILES string of the molecule is COc1ccc(-n2c(C)nnc2SCC(=O)N2CCC(CCc3ccccc3)CC2)cc1. The van der Waals surface area contributed by atoms with Crippen molar-refractivity contribution >= 4 is 17.7 Å². The number of aromatic nitrogens is 3. The van der Waals surface area contributed by atoms with E-state index < -0.39 is 0 Å². The quantitative estimate of drug-likeness (QED) is 0.471. The minimum atomic E-state index is 0.179. The van der Waals surface area contributed by atoms with E-state index in [9.17, 15) is 4.79 Å². The van der Waals surface area contributed by atoms with Crippen LogP contribution in [0.15, 0.2) is 59.8 Å². The fraction of sp³-hybridized carbons (Fsp3) is 0.400. The summed E-state index contributed by atoms with van der Waals surface area (Å²) in [6.07, 6.45) is 4.50. The minimum Gasteiger partial charge on any atom is -0.497 e. The predicted molar refractivity (Wildman–Crippen MR) is 127 cm³/mol. The van der Waals surface area contributed by atoms with Crippen LogP contribution in [0.4, 0.5) is 0 Å². The normalized spacial score (nSPS) is 14.5. The van der Waals surface area contributed by atoms with Crippen molar-refractivity contribution in [3.8, 4) is 11.4 Å². The van der Waals surface area contributed by atoms with Crippen LogP contribution in [-0.2, 0) is 11.2 Å². The molecule has 4 rings (SSSR count). The third-order valence-corrected chi connectivity index (χ3v) is 7.02. The van der Waals surface area contributed by atoms with E-state index in [1.807, 2.05) is 40.7 Å². The number of hydrogen-bond acceptors (Lipinski definition) is 5. The van der Waals surface area contributed by atoms with Crippen molar-refractivity contribution in [1.82, 2.24) is 19.7 Å². The monoisotopic (exact) mass is 450 g/mol. The molecule has 0 spiro atoms. The van der Waals surface area contributed by atoms with Crippen LogP contribution in [0.5, 0.6) is 5.75 Å². The summed E-state index contributed by atoms with van der Waals surface area (Å²) in [6, 6.07) is 18.4. The lowest BCUT2D eigenvalue weighted by molar-refractivity contribution is -0.129. The lowest BCUT2D eigenvalue weighted by atomic mass is 9.90. The minimum absolute atomic E-state index is 0.179. The molecule has 1 aliphatic heterocycles. The first-order valence-electron chi connectivity index (χ1n) is 11.1.